The molecule has 0 fully saturated rings. The van der Waals surface area contributed by atoms with Crippen LogP contribution in [0.3, 0.4) is 0 Å². The number of fused-ring (bicyclic) bond motifs is 1. The summed E-state index contributed by atoms with van der Waals surface area (Å²) < 4.78 is 28.5. The summed E-state index contributed by atoms with van der Waals surface area (Å²) in [6.45, 7) is 2.47. The van der Waals surface area contributed by atoms with Gasteiger partial charge in [0.15, 0.2) is 0 Å². The lowest BCUT2D eigenvalue weighted by Crippen LogP contribution is -2.43. The van der Waals surface area contributed by atoms with Crippen LogP contribution in [-0.2, 0) is 22.9 Å². The summed E-state index contributed by atoms with van der Waals surface area (Å²) in [5.41, 5.74) is 3.83. The second kappa shape index (κ2) is 8.19. The molecule has 6 heteroatoms. The van der Waals surface area contributed by atoms with Gasteiger partial charge in [0.2, 0.25) is 10.0 Å². The van der Waals surface area contributed by atoms with Crippen LogP contribution >= 0.6 is 11.6 Å². The van der Waals surface area contributed by atoms with Crippen molar-refractivity contribution in [3.63, 3.8) is 0 Å². The third-order valence-electron chi connectivity index (χ3n) is 5.29. The number of nitrogens with one attached hydrogen (secondary N) is 1. The zero-order valence-electron chi connectivity index (χ0n) is 16.2. The van der Waals surface area contributed by atoms with Gasteiger partial charge in [-0.05, 0) is 53.8 Å². The molecule has 0 radical (unpaired) electrons. The van der Waals surface area contributed by atoms with Crippen molar-refractivity contribution >= 4 is 27.3 Å². The van der Waals surface area contributed by atoms with Gasteiger partial charge in [-0.15, -0.1) is 0 Å². The van der Waals surface area contributed by atoms with Crippen LogP contribution in [0.1, 0.15) is 29.8 Å². The summed E-state index contributed by atoms with van der Waals surface area (Å²) in [4.78, 5) is 0.317. The quantitative estimate of drug-likeness (QED) is 0.605. The molecule has 0 aromatic heterocycles. The first kappa shape index (κ1) is 20.0. The SMILES string of the molecule is CCc1ccc([C@H]2Nc3ccccc3S(=O)(=O)N2CCc2ccc(Cl)cc2)cc1. The molecule has 4 nitrogen and oxygen atoms in total. The molecule has 1 atom stereocenters. The topological polar surface area (TPSA) is 49.4 Å². The maximum atomic E-state index is 13.5. The lowest BCUT2D eigenvalue weighted by atomic mass is 10.1. The van der Waals surface area contributed by atoms with Crippen LogP contribution in [0.15, 0.2) is 77.7 Å². The molecular formula is C23H23ClN2O2S. The number of halogens is 1. The normalized spacial score (nSPS) is 18.1. The highest BCUT2D eigenvalue weighted by molar-refractivity contribution is 7.89. The van der Waals surface area contributed by atoms with Crippen LogP contribution in [0, 0.1) is 0 Å². The van der Waals surface area contributed by atoms with E-state index in [1.807, 2.05) is 48.5 Å². The molecule has 0 bridgehead atoms. The van der Waals surface area contributed by atoms with Gasteiger partial charge in [-0.3, -0.25) is 0 Å². The fraction of sp³-hybridized carbons (Fsp3) is 0.217. The van der Waals surface area contributed by atoms with Gasteiger partial charge in [0.1, 0.15) is 11.1 Å². The van der Waals surface area contributed by atoms with Crippen LogP contribution in [0.5, 0.6) is 0 Å². The van der Waals surface area contributed by atoms with Gasteiger partial charge in [0.25, 0.3) is 0 Å². The minimum absolute atomic E-state index is 0.317. The molecule has 3 aromatic carbocycles. The number of hydrogen-bond donors (Lipinski definition) is 1. The Kier molecular flexibility index (Phi) is 5.63. The molecule has 3 aromatic rings. The monoisotopic (exact) mass is 426 g/mol. The summed E-state index contributed by atoms with van der Waals surface area (Å²) in [5, 5.41) is 4.10. The van der Waals surface area contributed by atoms with E-state index in [4.69, 9.17) is 11.6 Å². The fourth-order valence-electron chi connectivity index (χ4n) is 3.62. The van der Waals surface area contributed by atoms with Crippen molar-refractivity contribution in [1.82, 2.24) is 4.31 Å². The number of para-hydroxylation sites is 1. The third-order valence-corrected chi connectivity index (χ3v) is 7.47. The summed E-state index contributed by atoms with van der Waals surface area (Å²) in [6.07, 6.45) is 1.09. The summed E-state index contributed by atoms with van der Waals surface area (Å²) >= 11 is 5.97. The average molecular weight is 427 g/mol. The van der Waals surface area contributed by atoms with Gasteiger partial charge >= 0.3 is 0 Å². The minimum Gasteiger partial charge on any atom is -0.364 e. The first-order valence-electron chi connectivity index (χ1n) is 9.70. The molecule has 0 amide bonds. The Morgan fingerprint density at radius 1 is 0.931 bits per heavy atom. The molecule has 0 aliphatic carbocycles. The van der Waals surface area contributed by atoms with E-state index in [-0.39, 0.29) is 0 Å². The number of nitrogens with zero attached hydrogens (tertiary/aromatic N) is 1. The minimum atomic E-state index is -3.63. The number of hydrogen-bond acceptors (Lipinski definition) is 3. The Labute approximate surface area is 177 Å². The van der Waals surface area contributed by atoms with Gasteiger partial charge in [-0.1, -0.05) is 67.1 Å². The van der Waals surface area contributed by atoms with Gasteiger partial charge < -0.3 is 5.32 Å². The zero-order valence-corrected chi connectivity index (χ0v) is 17.7. The maximum Gasteiger partial charge on any atom is 0.247 e. The van der Waals surface area contributed by atoms with Crippen LogP contribution in [-0.4, -0.2) is 19.3 Å². The van der Waals surface area contributed by atoms with Gasteiger partial charge in [0.05, 0.1) is 5.69 Å². The van der Waals surface area contributed by atoms with E-state index < -0.39 is 16.2 Å². The highest BCUT2D eigenvalue weighted by Gasteiger charge is 2.38. The highest BCUT2D eigenvalue weighted by atomic mass is 35.5. The van der Waals surface area contributed by atoms with Crippen molar-refractivity contribution in [3.05, 3.63) is 94.5 Å². The van der Waals surface area contributed by atoms with Crippen molar-refractivity contribution in [2.45, 2.75) is 30.8 Å². The lowest BCUT2D eigenvalue weighted by molar-refractivity contribution is 0.345. The number of anilines is 1. The molecule has 0 unspecified atom stereocenters. The Morgan fingerprint density at radius 2 is 1.59 bits per heavy atom. The largest absolute Gasteiger partial charge is 0.364 e. The van der Waals surface area contributed by atoms with E-state index in [0.29, 0.717) is 28.6 Å². The molecule has 1 heterocycles. The van der Waals surface area contributed by atoms with Crippen LogP contribution in [0.4, 0.5) is 5.69 Å². The van der Waals surface area contributed by atoms with Crippen molar-refractivity contribution in [3.8, 4) is 0 Å². The molecular weight excluding hydrogens is 404 g/mol. The van der Waals surface area contributed by atoms with Crippen LogP contribution in [0.25, 0.3) is 0 Å². The standard InChI is InChI=1S/C23H23ClN2O2S/c1-2-17-7-11-19(12-8-17)23-25-21-5-3-4-6-22(21)29(27,28)26(23)16-15-18-9-13-20(24)14-10-18/h3-14,23,25H,2,15-16H2,1H3/t23-/m0/s1. The van der Waals surface area contributed by atoms with Crippen molar-refractivity contribution < 1.29 is 8.42 Å². The number of rotatable bonds is 5. The smallest absolute Gasteiger partial charge is 0.247 e. The third kappa shape index (κ3) is 4.04. The Balaban J connectivity index is 1.70. The molecule has 29 heavy (non-hydrogen) atoms. The summed E-state index contributed by atoms with van der Waals surface area (Å²) in [5.74, 6) is 0. The van der Waals surface area contributed by atoms with E-state index >= 15 is 0 Å². The molecule has 0 spiro atoms. The zero-order chi connectivity index (χ0) is 20.4. The van der Waals surface area contributed by atoms with Gasteiger partial charge in [0, 0.05) is 11.6 Å². The lowest BCUT2D eigenvalue weighted by Gasteiger charge is -2.37. The maximum absolute atomic E-state index is 13.5. The van der Waals surface area contributed by atoms with Crippen molar-refractivity contribution in [2.75, 3.05) is 11.9 Å². The Morgan fingerprint density at radius 3 is 2.28 bits per heavy atom. The molecule has 150 valence electrons. The molecule has 4 rings (SSSR count). The number of aryl methyl sites for hydroxylation is 1. The van der Waals surface area contributed by atoms with Crippen LogP contribution < -0.4 is 5.32 Å². The van der Waals surface area contributed by atoms with Gasteiger partial charge in [-0.25, -0.2) is 8.42 Å². The number of benzene rings is 3. The van der Waals surface area contributed by atoms with Crippen LogP contribution in [0.2, 0.25) is 5.02 Å². The first-order valence-corrected chi connectivity index (χ1v) is 11.5. The molecule has 1 aliphatic rings. The van der Waals surface area contributed by atoms with E-state index in [2.05, 4.69) is 24.4 Å². The van der Waals surface area contributed by atoms with E-state index in [1.54, 1.807) is 16.4 Å². The second-order valence-electron chi connectivity index (χ2n) is 7.13. The molecule has 1 N–H and O–H groups in total. The summed E-state index contributed by atoms with van der Waals surface area (Å²) in [6, 6.07) is 22.7. The fourth-order valence-corrected chi connectivity index (χ4v) is 5.44. The second-order valence-corrected chi connectivity index (χ2v) is 9.43. The van der Waals surface area contributed by atoms with E-state index in [9.17, 15) is 8.42 Å². The van der Waals surface area contributed by atoms with Crippen molar-refractivity contribution in [2.24, 2.45) is 0 Å². The van der Waals surface area contributed by atoms with Crippen molar-refractivity contribution in [1.29, 1.82) is 0 Å². The predicted molar refractivity (Wildman–Crippen MR) is 118 cm³/mol. The number of sulfonamides is 1. The summed E-state index contributed by atoms with van der Waals surface area (Å²) in [7, 11) is -3.63. The van der Waals surface area contributed by atoms with Gasteiger partial charge in [-0.2, -0.15) is 4.31 Å². The first-order chi connectivity index (χ1) is 14.0. The highest BCUT2D eigenvalue weighted by Crippen LogP contribution is 2.38. The molecule has 0 saturated heterocycles. The predicted octanol–water partition coefficient (Wildman–Crippen LogP) is 5.26. The van der Waals surface area contributed by atoms with E-state index in [1.165, 1.54) is 5.56 Å². The Hall–Kier alpha value is -2.34. The molecule has 0 saturated carbocycles. The Bertz CT molecular complexity index is 1100. The molecule has 1 aliphatic heterocycles. The average Bonchev–Trinajstić information content (AvgIpc) is 2.74. The van der Waals surface area contributed by atoms with E-state index in [0.717, 1.165) is 17.5 Å².